The third-order valence-electron chi connectivity index (χ3n) is 11.7. The number of benzene rings is 10. The molecule has 10 rings (SSSR count). The molecular formula is C65H57F3N2O3P4PdS. The second-order valence-electron chi connectivity index (χ2n) is 17.4. The van der Waals surface area contributed by atoms with Gasteiger partial charge in [-0.1, -0.05) is 267 Å². The molecule has 0 aliphatic carbocycles. The number of halogens is 3. The van der Waals surface area contributed by atoms with Crippen LogP contribution in [0.2, 0.25) is 0 Å². The zero-order valence-electron chi connectivity index (χ0n) is 43.3. The van der Waals surface area contributed by atoms with Crippen molar-refractivity contribution in [3.63, 3.8) is 0 Å². The molecule has 5 nitrogen and oxygen atoms in total. The summed E-state index contributed by atoms with van der Waals surface area (Å²) in [4.78, 5) is 0. The van der Waals surface area contributed by atoms with Gasteiger partial charge in [-0.05, 0) is 98.9 Å². The second-order valence-corrected chi connectivity index (χ2v) is 28.6. The van der Waals surface area contributed by atoms with Crippen LogP contribution in [0.3, 0.4) is 0 Å². The molecule has 0 aliphatic heterocycles. The van der Waals surface area contributed by atoms with Crippen molar-refractivity contribution >= 4 is 95.6 Å². The van der Waals surface area contributed by atoms with Crippen molar-refractivity contribution in [3.8, 4) is 0 Å². The molecule has 14 heteroatoms. The van der Waals surface area contributed by atoms with Crippen LogP contribution in [0.15, 0.2) is 295 Å². The van der Waals surface area contributed by atoms with Gasteiger partial charge in [0.2, 0.25) is 0 Å². The summed E-state index contributed by atoms with van der Waals surface area (Å²) < 4.78 is 58.9. The van der Waals surface area contributed by atoms with Crippen LogP contribution in [0.25, 0.3) is 0 Å². The van der Waals surface area contributed by atoms with Crippen molar-refractivity contribution in [2.45, 2.75) is 19.4 Å². The molecule has 10 aromatic rings. The third-order valence-corrected chi connectivity index (χ3v) is 24.1. The number of rotatable bonds is 14. The minimum absolute atomic E-state index is 0. The molecule has 0 aliphatic rings. The zero-order chi connectivity index (χ0) is 55.0. The first-order valence-corrected chi connectivity index (χ1v) is 32.3. The van der Waals surface area contributed by atoms with E-state index < -0.39 is 47.3 Å². The number of hydrogen-bond acceptors (Lipinski definition) is 5. The van der Waals surface area contributed by atoms with Crippen LogP contribution in [0.4, 0.5) is 24.5 Å². The van der Waals surface area contributed by atoms with Gasteiger partial charge in [0, 0.05) is 11.8 Å². The first-order chi connectivity index (χ1) is 37.8. The molecule has 0 saturated heterocycles. The molecule has 0 heterocycles. The van der Waals surface area contributed by atoms with Gasteiger partial charge in [0.05, 0.1) is 5.69 Å². The Morgan fingerprint density at radius 2 is 0.608 bits per heavy atom. The van der Waals surface area contributed by atoms with E-state index in [-0.39, 0.29) is 20.4 Å². The quantitative estimate of drug-likeness (QED) is 0.0272. The van der Waals surface area contributed by atoms with E-state index in [4.69, 9.17) is 13.0 Å². The van der Waals surface area contributed by atoms with E-state index in [2.05, 4.69) is 266 Å². The van der Waals surface area contributed by atoms with Crippen molar-refractivity contribution in [1.29, 1.82) is 0 Å². The Balaban J connectivity index is 0.000000183. The molecule has 0 atom stereocenters. The summed E-state index contributed by atoms with van der Waals surface area (Å²) in [6, 6.07) is 105. The number of alkyl halides is 3. The molecule has 0 radical (unpaired) electrons. The van der Waals surface area contributed by atoms with Gasteiger partial charge in [-0.25, -0.2) is 8.42 Å². The van der Waals surface area contributed by atoms with Crippen LogP contribution in [0, 0.1) is 19.9 Å². The molecule has 0 bridgehead atoms. The van der Waals surface area contributed by atoms with Gasteiger partial charge in [0.15, 0.2) is 10.1 Å². The Morgan fingerprint density at radius 1 is 0.380 bits per heavy atom. The average Bonchev–Trinajstić information content (AvgIpc) is 3.49. The maximum atomic E-state index is 10.7. The number of nitrogens with zero attached hydrogens (tertiary/aromatic N) is 2. The Labute approximate surface area is 482 Å². The number of azo groups is 1. The van der Waals surface area contributed by atoms with Crippen LogP contribution in [0.1, 0.15) is 11.1 Å². The fourth-order valence-electron chi connectivity index (χ4n) is 7.68. The normalized spacial score (nSPS) is 11.2. The summed E-state index contributed by atoms with van der Waals surface area (Å²) in [5.41, 5.74) is -1.63. The summed E-state index contributed by atoms with van der Waals surface area (Å²) >= 11 is 0. The Hall–Kier alpha value is -6.12. The summed E-state index contributed by atoms with van der Waals surface area (Å²) in [5, 5.41) is 19.9. The molecular weight excluding hydrogens is 1180 g/mol. The average molecular weight is 1230 g/mol. The van der Waals surface area contributed by atoms with Crippen LogP contribution in [0.5, 0.6) is 0 Å². The first kappa shape index (κ1) is 62.1. The smallest absolute Gasteiger partial charge is 0.741 e. The Morgan fingerprint density at radius 3 is 0.810 bits per heavy atom. The second kappa shape index (κ2) is 32.2. The largest absolute Gasteiger partial charge is 2.00 e. The molecule has 0 amide bonds. The SMILES string of the molecule is Cc1c[c-]c(N=Nc2ccc(C)cc2)cc1.O=S(=O)([O-])C(F)(F)F.[Pd+2].c1ccc(P(CP(c2ccccc2)c2ccccc2)c2ccccc2)cc1.c1ccc(P(CP(c2ccccc2)c2ccccc2)c2ccccc2)cc1. The van der Waals surface area contributed by atoms with Crippen molar-refractivity contribution in [2.75, 3.05) is 11.8 Å². The molecule has 402 valence electrons. The van der Waals surface area contributed by atoms with E-state index in [1.54, 1.807) is 0 Å². The van der Waals surface area contributed by atoms with Gasteiger partial charge in [-0.15, -0.1) is 6.07 Å². The molecule has 0 aromatic heterocycles. The molecule has 0 fully saturated rings. The van der Waals surface area contributed by atoms with Gasteiger partial charge in [0.1, 0.15) is 0 Å². The third kappa shape index (κ3) is 20.2. The predicted molar refractivity (Wildman–Crippen MR) is 327 cm³/mol. The van der Waals surface area contributed by atoms with E-state index in [1.807, 2.05) is 49.4 Å². The fourth-order valence-corrected chi connectivity index (χ4v) is 20.6. The van der Waals surface area contributed by atoms with Crippen molar-refractivity contribution in [2.24, 2.45) is 10.2 Å². The van der Waals surface area contributed by atoms with Crippen LogP contribution < -0.4 is 42.4 Å². The molecule has 0 spiro atoms. The van der Waals surface area contributed by atoms with E-state index >= 15 is 0 Å². The first-order valence-electron chi connectivity index (χ1n) is 24.8. The number of aryl methyl sites for hydroxylation is 2. The monoisotopic (exact) mass is 1230 g/mol. The molecule has 79 heavy (non-hydrogen) atoms. The van der Waals surface area contributed by atoms with Crippen LogP contribution >= 0.6 is 31.7 Å². The summed E-state index contributed by atoms with van der Waals surface area (Å²) in [6.45, 7) is 4.08. The van der Waals surface area contributed by atoms with Crippen molar-refractivity contribution in [3.05, 3.63) is 302 Å². The van der Waals surface area contributed by atoms with E-state index in [9.17, 15) is 13.2 Å². The number of hydrogen-bond donors (Lipinski definition) is 0. The Bertz CT molecular complexity index is 2890. The summed E-state index contributed by atoms with van der Waals surface area (Å²) in [5.74, 6) is 2.35. The van der Waals surface area contributed by atoms with E-state index in [1.165, 1.54) is 65.4 Å². The molecule has 0 N–H and O–H groups in total. The van der Waals surface area contributed by atoms with Gasteiger partial charge in [0.25, 0.3) is 0 Å². The predicted octanol–water partition coefficient (Wildman–Crippen LogP) is 15.0. The van der Waals surface area contributed by atoms with Gasteiger partial charge >= 0.3 is 25.9 Å². The van der Waals surface area contributed by atoms with Gasteiger partial charge in [-0.3, -0.25) is 0 Å². The maximum absolute atomic E-state index is 10.7. The molecule has 10 aromatic carbocycles. The summed E-state index contributed by atoms with van der Waals surface area (Å²) in [7, 11) is -7.72. The van der Waals surface area contributed by atoms with E-state index in [0.717, 1.165) is 11.4 Å². The molecule has 0 unspecified atom stereocenters. The summed E-state index contributed by atoms with van der Waals surface area (Å²) in [6.07, 6.45) is 0. The zero-order valence-corrected chi connectivity index (χ0v) is 49.3. The van der Waals surface area contributed by atoms with Gasteiger partial charge < -0.3 is 4.55 Å². The van der Waals surface area contributed by atoms with Crippen LogP contribution in [-0.4, -0.2) is 30.3 Å². The van der Waals surface area contributed by atoms with Crippen molar-refractivity contribution < 1.29 is 46.6 Å². The minimum atomic E-state index is -6.09. The van der Waals surface area contributed by atoms with E-state index in [0.29, 0.717) is 0 Å². The standard InChI is InChI=1S/2C25H22P2.C14H13N2.CHF3O3S.Pd/c2*1-5-13-22(14-6-1)26(23-15-7-2-8-16-23)21-27(24-17-9-3-10-18-24)25-19-11-4-12-20-25;1-11-3-7-13(8-4-11)15-16-14-9-5-12(2)6-10-14;2-1(3,4)8(5,6)7;/h2*1-20H,21H2;3-9H,1-2H3;(H,5,6,7);/q;;-1;;+2/p-1. The fraction of sp³-hybridized carbons (Fsp3) is 0.0769. The van der Waals surface area contributed by atoms with Gasteiger partial charge in [-0.2, -0.15) is 47.2 Å². The minimum Gasteiger partial charge on any atom is -0.741 e. The maximum Gasteiger partial charge on any atom is 2.00 e. The Kier molecular flexibility index (Phi) is 25.3. The van der Waals surface area contributed by atoms with Crippen LogP contribution in [-0.2, 0) is 30.5 Å². The molecule has 0 saturated carbocycles. The topological polar surface area (TPSA) is 81.9 Å². The van der Waals surface area contributed by atoms with Crippen molar-refractivity contribution in [1.82, 2.24) is 0 Å².